The van der Waals surface area contributed by atoms with Crippen molar-refractivity contribution in [2.24, 2.45) is 0 Å². The summed E-state index contributed by atoms with van der Waals surface area (Å²) in [4.78, 5) is 31.6. The van der Waals surface area contributed by atoms with Gasteiger partial charge in [0.25, 0.3) is 0 Å². The minimum atomic E-state index is -3.67. The van der Waals surface area contributed by atoms with Crippen molar-refractivity contribution in [3.05, 3.63) is 47.4 Å². The van der Waals surface area contributed by atoms with E-state index >= 15 is 0 Å². The van der Waals surface area contributed by atoms with Crippen LogP contribution in [0.2, 0.25) is 0 Å². The largest absolute Gasteiger partial charge is 0.481 e. The molecular formula is C22H26FN3O6S. The third kappa shape index (κ3) is 7.72. The molecule has 0 saturated carbocycles. The zero-order valence-electron chi connectivity index (χ0n) is 18.4. The van der Waals surface area contributed by atoms with Crippen LogP contribution in [0, 0.1) is 5.82 Å². The summed E-state index contributed by atoms with van der Waals surface area (Å²) < 4.78 is 39.9. The number of anilines is 1. The van der Waals surface area contributed by atoms with Gasteiger partial charge < -0.3 is 10.2 Å². The van der Waals surface area contributed by atoms with Gasteiger partial charge in [0.05, 0.1) is 29.7 Å². The monoisotopic (exact) mass is 479 g/mol. The summed E-state index contributed by atoms with van der Waals surface area (Å²) in [7, 11) is -3.67. The van der Waals surface area contributed by atoms with Gasteiger partial charge in [-0.1, -0.05) is 13.8 Å². The first kappa shape index (κ1) is 26.1. The number of rotatable bonds is 11. The predicted octanol–water partition coefficient (Wildman–Crippen LogP) is 2.98. The highest BCUT2D eigenvalue weighted by molar-refractivity contribution is 7.92. The van der Waals surface area contributed by atoms with E-state index in [1.165, 1.54) is 43.3 Å². The summed E-state index contributed by atoms with van der Waals surface area (Å²) in [6, 6.07) is 5.39. The molecule has 0 unspecified atom stereocenters. The number of halogens is 1. The van der Waals surface area contributed by atoms with E-state index in [2.05, 4.69) is 14.7 Å². The van der Waals surface area contributed by atoms with E-state index in [0.717, 1.165) is 0 Å². The van der Waals surface area contributed by atoms with Crippen molar-refractivity contribution in [2.45, 2.75) is 45.6 Å². The molecule has 1 heterocycles. The lowest BCUT2D eigenvalue weighted by Crippen LogP contribution is -2.18. The second-order valence-corrected chi connectivity index (χ2v) is 9.63. The van der Waals surface area contributed by atoms with Crippen LogP contribution in [0.3, 0.4) is 0 Å². The zero-order chi connectivity index (χ0) is 24.8. The van der Waals surface area contributed by atoms with Crippen molar-refractivity contribution in [3.63, 3.8) is 0 Å². The average Bonchev–Trinajstić information content (AvgIpc) is 2.71. The minimum Gasteiger partial charge on any atom is -0.481 e. The Bertz CT molecular complexity index is 1150. The lowest BCUT2D eigenvalue weighted by Gasteiger charge is -2.16. The number of hydrogen-bond acceptors (Lipinski definition) is 7. The van der Waals surface area contributed by atoms with Gasteiger partial charge in [0.1, 0.15) is 5.82 Å². The number of aliphatic hydroxyl groups excluding tert-OH is 1. The second kappa shape index (κ2) is 11.1. The standard InChI is InChI=1S/C22H26FN3O6S/c1-4-33(31,32)26-22-24-20(13(2)3)18(10-9-16(27)11-17(28)12-19(29)30)21(25-22)14-5-7-15(23)8-6-14/h5-10,13,17,28H,4,11-12H2,1-3H3,(H,29,30)(H,24,25,26)/b10-9+/t17-/m1/s1. The number of carboxylic acids is 1. The van der Waals surface area contributed by atoms with E-state index in [1.807, 2.05) is 13.8 Å². The van der Waals surface area contributed by atoms with Gasteiger partial charge in [-0.25, -0.2) is 22.8 Å². The van der Waals surface area contributed by atoms with Gasteiger partial charge >= 0.3 is 5.97 Å². The van der Waals surface area contributed by atoms with Crippen LogP contribution in [0.25, 0.3) is 17.3 Å². The number of benzene rings is 1. The van der Waals surface area contributed by atoms with E-state index in [9.17, 15) is 27.5 Å². The van der Waals surface area contributed by atoms with E-state index in [0.29, 0.717) is 16.8 Å². The molecule has 0 fully saturated rings. The maximum atomic E-state index is 13.5. The van der Waals surface area contributed by atoms with Gasteiger partial charge in [0, 0.05) is 17.5 Å². The van der Waals surface area contributed by atoms with Crippen LogP contribution in [0.4, 0.5) is 10.3 Å². The molecule has 33 heavy (non-hydrogen) atoms. The topological polar surface area (TPSA) is 147 Å². The summed E-state index contributed by atoms with van der Waals surface area (Å²) in [5.41, 5.74) is 1.60. The van der Waals surface area contributed by atoms with E-state index < -0.39 is 40.1 Å². The Labute approximate surface area is 191 Å². The van der Waals surface area contributed by atoms with Gasteiger partial charge in [-0.15, -0.1) is 0 Å². The number of aliphatic carboxylic acids is 1. The van der Waals surface area contributed by atoms with Crippen LogP contribution >= 0.6 is 0 Å². The molecular weight excluding hydrogens is 453 g/mol. The fourth-order valence-corrected chi connectivity index (χ4v) is 3.44. The Kier molecular flexibility index (Phi) is 8.77. The first-order valence-corrected chi connectivity index (χ1v) is 11.9. The van der Waals surface area contributed by atoms with Crippen LogP contribution in [0.1, 0.15) is 50.8 Å². The number of nitrogens with zero attached hydrogens (tertiary/aromatic N) is 2. The zero-order valence-corrected chi connectivity index (χ0v) is 19.3. The van der Waals surface area contributed by atoms with E-state index in [1.54, 1.807) is 0 Å². The SMILES string of the molecule is CCS(=O)(=O)Nc1nc(-c2ccc(F)cc2)c(/C=C/C(=O)C[C@@H](O)CC(=O)O)c(C(C)C)n1. The Hall–Kier alpha value is -3.18. The van der Waals surface area contributed by atoms with Gasteiger partial charge in [0.2, 0.25) is 16.0 Å². The van der Waals surface area contributed by atoms with Crippen LogP contribution in [-0.2, 0) is 19.6 Å². The fraction of sp³-hybridized carbons (Fsp3) is 0.364. The molecule has 11 heteroatoms. The molecule has 0 radical (unpaired) electrons. The molecule has 9 nitrogen and oxygen atoms in total. The molecule has 1 aromatic carbocycles. The maximum Gasteiger partial charge on any atom is 0.305 e. The normalized spacial score (nSPS) is 12.8. The summed E-state index contributed by atoms with van der Waals surface area (Å²) in [5, 5.41) is 18.4. The molecule has 3 N–H and O–H groups in total. The molecule has 2 rings (SSSR count). The molecule has 0 bridgehead atoms. The third-order valence-corrected chi connectivity index (χ3v) is 5.80. The first-order valence-electron chi connectivity index (χ1n) is 10.2. The van der Waals surface area contributed by atoms with Crippen molar-refractivity contribution in [3.8, 4) is 11.3 Å². The number of carboxylic acid groups (broad SMARTS) is 1. The molecule has 1 atom stereocenters. The Morgan fingerprint density at radius 1 is 1.15 bits per heavy atom. The number of allylic oxidation sites excluding steroid dienone is 1. The lowest BCUT2D eigenvalue weighted by atomic mass is 9.97. The van der Waals surface area contributed by atoms with Crippen molar-refractivity contribution in [1.82, 2.24) is 9.97 Å². The van der Waals surface area contributed by atoms with Crippen LogP contribution in [0.5, 0.6) is 0 Å². The molecule has 0 aliphatic heterocycles. The van der Waals surface area contributed by atoms with Crippen molar-refractivity contribution in [1.29, 1.82) is 0 Å². The number of nitrogens with one attached hydrogen (secondary N) is 1. The highest BCUT2D eigenvalue weighted by Crippen LogP contribution is 2.30. The molecule has 2 aromatic rings. The Morgan fingerprint density at radius 3 is 2.33 bits per heavy atom. The highest BCUT2D eigenvalue weighted by atomic mass is 32.2. The van der Waals surface area contributed by atoms with E-state index in [-0.39, 0.29) is 29.7 Å². The highest BCUT2D eigenvalue weighted by Gasteiger charge is 2.20. The van der Waals surface area contributed by atoms with Gasteiger partial charge in [-0.3, -0.25) is 14.3 Å². The van der Waals surface area contributed by atoms with Gasteiger partial charge in [-0.2, -0.15) is 0 Å². The summed E-state index contributed by atoms with van der Waals surface area (Å²) in [6.07, 6.45) is 0.330. The van der Waals surface area contributed by atoms with Crippen molar-refractivity contribution >= 4 is 33.8 Å². The van der Waals surface area contributed by atoms with E-state index in [4.69, 9.17) is 5.11 Å². The summed E-state index contributed by atoms with van der Waals surface area (Å²) in [5.74, 6) is -2.75. The molecule has 0 aliphatic rings. The molecule has 178 valence electrons. The number of ketones is 1. The van der Waals surface area contributed by atoms with Gasteiger partial charge in [0.15, 0.2) is 5.78 Å². The number of hydrogen-bond donors (Lipinski definition) is 3. The second-order valence-electron chi connectivity index (χ2n) is 7.62. The average molecular weight is 480 g/mol. The smallest absolute Gasteiger partial charge is 0.305 e. The lowest BCUT2D eigenvalue weighted by molar-refractivity contribution is -0.139. The number of aromatic nitrogens is 2. The number of carbonyl (C=O) groups is 2. The quantitative estimate of drug-likeness (QED) is 0.417. The maximum absolute atomic E-state index is 13.5. The van der Waals surface area contributed by atoms with Crippen LogP contribution in [0.15, 0.2) is 30.3 Å². The van der Waals surface area contributed by atoms with Crippen LogP contribution in [-0.4, -0.2) is 52.2 Å². The molecule has 0 spiro atoms. The molecule has 0 saturated heterocycles. The van der Waals surface area contributed by atoms with Gasteiger partial charge in [-0.05, 0) is 49.3 Å². The number of carbonyl (C=O) groups excluding carboxylic acids is 1. The summed E-state index contributed by atoms with van der Waals surface area (Å²) in [6.45, 7) is 5.11. The Balaban J connectivity index is 2.57. The molecule has 0 amide bonds. The predicted molar refractivity (Wildman–Crippen MR) is 122 cm³/mol. The van der Waals surface area contributed by atoms with Crippen molar-refractivity contribution in [2.75, 3.05) is 10.5 Å². The van der Waals surface area contributed by atoms with Crippen molar-refractivity contribution < 1.29 is 32.6 Å². The Morgan fingerprint density at radius 2 is 1.79 bits per heavy atom. The number of sulfonamides is 1. The summed E-state index contributed by atoms with van der Waals surface area (Å²) >= 11 is 0. The third-order valence-electron chi connectivity index (χ3n) is 4.55. The molecule has 1 aromatic heterocycles. The first-order chi connectivity index (χ1) is 15.4. The van der Waals surface area contributed by atoms with Crippen LogP contribution < -0.4 is 4.72 Å². The molecule has 0 aliphatic carbocycles. The fourth-order valence-electron chi connectivity index (χ4n) is 2.93. The number of aliphatic hydroxyl groups is 1. The minimum absolute atomic E-state index is 0.153.